The lowest BCUT2D eigenvalue weighted by atomic mass is 10.1. The van der Waals surface area contributed by atoms with Gasteiger partial charge in [0.1, 0.15) is 22.5 Å². The maximum atomic E-state index is 12.3. The van der Waals surface area contributed by atoms with Crippen LogP contribution < -0.4 is 10.1 Å². The molecule has 1 N–H and O–H groups in total. The third-order valence-electron chi connectivity index (χ3n) is 4.33. The van der Waals surface area contributed by atoms with Crippen LogP contribution >= 0.6 is 46.4 Å². The highest BCUT2D eigenvalue weighted by Gasteiger charge is 2.11. The van der Waals surface area contributed by atoms with Crippen LogP contribution in [0.1, 0.15) is 28.0 Å². The van der Waals surface area contributed by atoms with Gasteiger partial charge in [0.2, 0.25) is 0 Å². The smallest absolute Gasteiger partial charge is 0.251 e. The van der Waals surface area contributed by atoms with Gasteiger partial charge in [-0.3, -0.25) is 9.48 Å². The number of benzene rings is 2. The van der Waals surface area contributed by atoms with Gasteiger partial charge in [-0.05, 0) is 49.2 Å². The van der Waals surface area contributed by atoms with E-state index in [-0.39, 0.29) is 5.91 Å². The van der Waals surface area contributed by atoms with Crippen LogP contribution in [0.25, 0.3) is 0 Å². The molecule has 1 aromatic heterocycles. The summed E-state index contributed by atoms with van der Waals surface area (Å²) >= 11 is 24.1. The maximum Gasteiger partial charge on any atom is 0.251 e. The van der Waals surface area contributed by atoms with Gasteiger partial charge in [0.25, 0.3) is 5.91 Å². The van der Waals surface area contributed by atoms with Crippen LogP contribution in [0.3, 0.4) is 0 Å². The highest BCUT2D eigenvalue weighted by Crippen LogP contribution is 2.28. The molecule has 0 aliphatic heterocycles. The third kappa shape index (κ3) is 5.82. The van der Waals surface area contributed by atoms with Crippen LogP contribution in [0, 0.1) is 6.92 Å². The largest absolute Gasteiger partial charge is 0.487 e. The molecule has 2 aromatic carbocycles. The van der Waals surface area contributed by atoms with Crippen molar-refractivity contribution in [2.75, 3.05) is 6.54 Å². The number of ether oxygens (including phenoxy) is 1. The second-order valence-electron chi connectivity index (χ2n) is 6.58. The highest BCUT2D eigenvalue weighted by molar-refractivity contribution is 6.41. The van der Waals surface area contributed by atoms with E-state index >= 15 is 0 Å². The van der Waals surface area contributed by atoms with Crippen LogP contribution in [-0.2, 0) is 13.2 Å². The number of aryl methyl sites for hydroxylation is 2. The van der Waals surface area contributed by atoms with Gasteiger partial charge < -0.3 is 10.1 Å². The molecular weight excluding hydrogens is 468 g/mol. The number of nitrogens with one attached hydrogen (secondary N) is 1. The minimum absolute atomic E-state index is 0.149. The molecule has 0 aliphatic rings. The normalized spacial score (nSPS) is 10.8. The number of rotatable bonds is 8. The molecule has 0 fully saturated rings. The van der Waals surface area contributed by atoms with Gasteiger partial charge >= 0.3 is 0 Å². The average molecular weight is 487 g/mol. The van der Waals surface area contributed by atoms with Crippen molar-refractivity contribution in [3.63, 3.8) is 0 Å². The minimum Gasteiger partial charge on any atom is -0.487 e. The Morgan fingerprint density at radius 3 is 2.47 bits per heavy atom. The molecule has 0 atom stereocenters. The number of aromatic nitrogens is 2. The van der Waals surface area contributed by atoms with Gasteiger partial charge in [0.15, 0.2) is 0 Å². The van der Waals surface area contributed by atoms with E-state index in [1.54, 1.807) is 41.9 Å². The molecule has 1 amide bonds. The Morgan fingerprint density at radius 1 is 1.10 bits per heavy atom. The first kappa shape index (κ1) is 22.8. The topological polar surface area (TPSA) is 56.2 Å². The van der Waals surface area contributed by atoms with Gasteiger partial charge in [0.05, 0.1) is 10.7 Å². The summed E-state index contributed by atoms with van der Waals surface area (Å²) in [5.41, 5.74) is 2.17. The van der Waals surface area contributed by atoms with E-state index in [0.717, 1.165) is 5.56 Å². The summed E-state index contributed by atoms with van der Waals surface area (Å²) < 4.78 is 7.33. The number of hydrogen-bond donors (Lipinski definition) is 1. The summed E-state index contributed by atoms with van der Waals surface area (Å²) in [6, 6.07) is 12.3. The lowest BCUT2D eigenvalue weighted by Gasteiger charge is -2.09. The average Bonchev–Trinajstić information content (AvgIpc) is 2.97. The Bertz CT molecular complexity index is 1040. The maximum absolute atomic E-state index is 12.3. The minimum atomic E-state index is -0.149. The summed E-state index contributed by atoms with van der Waals surface area (Å²) in [6.07, 6.45) is 0.677. The van der Waals surface area contributed by atoms with E-state index in [1.165, 1.54) is 0 Å². The van der Waals surface area contributed by atoms with Crippen LogP contribution in [0.4, 0.5) is 0 Å². The Kier molecular flexibility index (Phi) is 7.89. The quantitative estimate of drug-likeness (QED) is 0.385. The van der Waals surface area contributed by atoms with Crippen LogP contribution in [0.2, 0.25) is 20.2 Å². The Balaban J connectivity index is 1.45. The molecule has 3 rings (SSSR count). The van der Waals surface area contributed by atoms with Crippen LogP contribution in [0.5, 0.6) is 5.75 Å². The molecule has 0 spiro atoms. The van der Waals surface area contributed by atoms with E-state index in [9.17, 15) is 4.79 Å². The first-order chi connectivity index (χ1) is 14.3. The summed E-state index contributed by atoms with van der Waals surface area (Å²) in [7, 11) is 0. The van der Waals surface area contributed by atoms with Crippen molar-refractivity contribution < 1.29 is 9.53 Å². The van der Waals surface area contributed by atoms with Crippen molar-refractivity contribution >= 4 is 52.3 Å². The number of amides is 1. The first-order valence-corrected chi connectivity index (χ1v) is 10.7. The molecule has 0 bridgehead atoms. The van der Waals surface area contributed by atoms with E-state index in [1.807, 2.05) is 12.1 Å². The van der Waals surface area contributed by atoms with Gasteiger partial charge in [-0.25, -0.2) is 0 Å². The van der Waals surface area contributed by atoms with Gasteiger partial charge in [0, 0.05) is 23.7 Å². The summed E-state index contributed by atoms with van der Waals surface area (Å²) in [4.78, 5) is 12.3. The highest BCUT2D eigenvalue weighted by atomic mass is 35.5. The molecule has 0 unspecified atom stereocenters. The van der Waals surface area contributed by atoms with Crippen molar-refractivity contribution in [2.45, 2.75) is 26.5 Å². The van der Waals surface area contributed by atoms with Crippen molar-refractivity contribution in [3.8, 4) is 5.75 Å². The summed E-state index contributed by atoms with van der Waals surface area (Å²) in [6.45, 7) is 3.18. The van der Waals surface area contributed by atoms with E-state index in [0.29, 0.717) is 63.3 Å². The van der Waals surface area contributed by atoms with E-state index < -0.39 is 0 Å². The zero-order valence-corrected chi connectivity index (χ0v) is 19.1. The lowest BCUT2D eigenvalue weighted by molar-refractivity contribution is 0.0952. The number of nitrogens with zero attached hydrogens (tertiary/aromatic N) is 2. The molecule has 0 saturated heterocycles. The second-order valence-corrected chi connectivity index (χ2v) is 8.16. The van der Waals surface area contributed by atoms with Crippen molar-refractivity contribution in [2.24, 2.45) is 0 Å². The standard InChI is InChI=1S/C21H19Cl4N3O2/c1-13-19(24)20(25)28(27-13)10-2-9-26-21(29)15-5-3-14(4-6-15)12-30-18-8-7-16(22)11-17(18)23/h3-8,11H,2,9-10,12H2,1H3,(H,26,29). The number of halogens is 4. The number of hydrogen-bond acceptors (Lipinski definition) is 3. The molecule has 0 aliphatic carbocycles. The Hall–Kier alpha value is -1.92. The molecule has 30 heavy (non-hydrogen) atoms. The predicted molar refractivity (Wildman–Crippen MR) is 121 cm³/mol. The molecule has 1 heterocycles. The van der Waals surface area contributed by atoms with E-state index in [2.05, 4.69) is 10.4 Å². The molecule has 9 heteroatoms. The molecule has 0 saturated carbocycles. The second kappa shape index (κ2) is 10.4. The fraction of sp³-hybridized carbons (Fsp3) is 0.238. The molecule has 0 radical (unpaired) electrons. The monoisotopic (exact) mass is 485 g/mol. The Labute approximate surface area is 194 Å². The van der Waals surface area contributed by atoms with Crippen molar-refractivity contribution in [1.82, 2.24) is 15.1 Å². The van der Waals surface area contributed by atoms with Gasteiger partial charge in [-0.15, -0.1) is 0 Å². The fourth-order valence-electron chi connectivity index (χ4n) is 2.72. The van der Waals surface area contributed by atoms with Gasteiger partial charge in [-0.2, -0.15) is 5.10 Å². The number of carbonyl (C=O) groups excluding carboxylic acids is 1. The SMILES string of the molecule is Cc1nn(CCCNC(=O)c2ccc(COc3ccc(Cl)cc3Cl)cc2)c(Cl)c1Cl. The summed E-state index contributed by atoms with van der Waals surface area (Å²) in [5, 5.41) is 9.02. The molecule has 158 valence electrons. The lowest BCUT2D eigenvalue weighted by Crippen LogP contribution is -2.25. The first-order valence-electron chi connectivity index (χ1n) is 9.18. The fourth-order valence-corrected chi connectivity index (χ4v) is 3.58. The van der Waals surface area contributed by atoms with E-state index in [4.69, 9.17) is 51.1 Å². The molecule has 5 nitrogen and oxygen atoms in total. The third-order valence-corrected chi connectivity index (χ3v) is 5.80. The van der Waals surface area contributed by atoms with Crippen molar-refractivity contribution in [3.05, 3.63) is 79.5 Å². The Morgan fingerprint density at radius 2 is 1.83 bits per heavy atom. The van der Waals surface area contributed by atoms with Crippen molar-refractivity contribution in [1.29, 1.82) is 0 Å². The summed E-state index contributed by atoms with van der Waals surface area (Å²) in [5.74, 6) is 0.403. The number of carbonyl (C=O) groups is 1. The zero-order valence-electron chi connectivity index (χ0n) is 16.1. The van der Waals surface area contributed by atoms with Crippen LogP contribution in [0.15, 0.2) is 42.5 Å². The zero-order chi connectivity index (χ0) is 21.7. The van der Waals surface area contributed by atoms with Crippen LogP contribution in [-0.4, -0.2) is 22.2 Å². The van der Waals surface area contributed by atoms with Gasteiger partial charge in [-0.1, -0.05) is 58.5 Å². The molecule has 3 aromatic rings. The predicted octanol–water partition coefficient (Wildman–Crippen LogP) is 6.20. The molecular formula is C21H19Cl4N3O2.